The van der Waals surface area contributed by atoms with Gasteiger partial charge in [-0.15, -0.1) is 0 Å². The first-order chi connectivity index (χ1) is 12.6. The van der Waals surface area contributed by atoms with Crippen molar-refractivity contribution in [2.24, 2.45) is 0 Å². The molecule has 8 heteroatoms. The monoisotopic (exact) mass is 381 g/mol. The molecule has 2 aliphatic heterocycles. The first-order valence-corrected chi connectivity index (χ1v) is 10.7. The summed E-state index contributed by atoms with van der Waals surface area (Å²) in [4.78, 5) is 14.9. The summed E-state index contributed by atoms with van der Waals surface area (Å²) in [5.74, 6) is -0.231. The van der Waals surface area contributed by atoms with Gasteiger partial charge in [-0.2, -0.15) is 4.31 Å². The molecule has 26 heavy (non-hydrogen) atoms. The van der Waals surface area contributed by atoms with E-state index in [2.05, 4.69) is 10.2 Å². The number of hydrogen-bond donors (Lipinski definition) is 1. The number of morpholine rings is 1. The van der Waals surface area contributed by atoms with Crippen LogP contribution >= 0.6 is 0 Å². The third-order valence-electron chi connectivity index (χ3n) is 4.84. The van der Waals surface area contributed by atoms with Crippen LogP contribution in [0.15, 0.2) is 29.2 Å². The van der Waals surface area contributed by atoms with Crippen LogP contribution in [0.3, 0.4) is 0 Å². The molecule has 3 rings (SSSR count). The zero-order chi connectivity index (χ0) is 18.4. The largest absolute Gasteiger partial charge is 0.379 e. The average Bonchev–Trinajstić information content (AvgIpc) is 3.22. The van der Waals surface area contributed by atoms with Gasteiger partial charge in [-0.05, 0) is 44.0 Å². The summed E-state index contributed by atoms with van der Waals surface area (Å²) in [7, 11) is -3.50. The van der Waals surface area contributed by atoms with E-state index >= 15 is 0 Å². The fourth-order valence-corrected chi connectivity index (χ4v) is 4.87. The van der Waals surface area contributed by atoms with Crippen molar-refractivity contribution in [1.82, 2.24) is 14.5 Å². The van der Waals surface area contributed by atoms with Crippen molar-refractivity contribution in [2.45, 2.75) is 24.2 Å². The molecule has 0 aliphatic carbocycles. The number of benzene rings is 1. The molecule has 1 N–H and O–H groups in total. The maximum atomic E-state index is 12.6. The number of nitrogens with zero attached hydrogens (tertiary/aromatic N) is 2. The van der Waals surface area contributed by atoms with Crippen LogP contribution in [0.1, 0.15) is 29.6 Å². The van der Waals surface area contributed by atoms with Gasteiger partial charge in [-0.1, -0.05) is 6.07 Å². The predicted octanol–water partition coefficient (Wildman–Crippen LogP) is 0.923. The van der Waals surface area contributed by atoms with Gasteiger partial charge in [-0.25, -0.2) is 8.42 Å². The lowest BCUT2D eigenvalue weighted by Crippen LogP contribution is -2.38. The van der Waals surface area contributed by atoms with Gasteiger partial charge in [0.25, 0.3) is 5.91 Å². The van der Waals surface area contributed by atoms with Crippen molar-refractivity contribution in [3.8, 4) is 0 Å². The van der Waals surface area contributed by atoms with Gasteiger partial charge in [-0.3, -0.25) is 9.69 Å². The summed E-state index contributed by atoms with van der Waals surface area (Å²) < 4.78 is 32.1. The third kappa shape index (κ3) is 4.82. The van der Waals surface area contributed by atoms with Crippen LogP contribution in [0.25, 0.3) is 0 Å². The van der Waals surface area contributed by atoms with Crippen LogP contribution in [-0.4, -0.2) is 76.0 Å². The van der Waals surface area contributed by atoms with Crippen molar-refractivity contribution in [2.75, 3.05) is 52.5 Å². The lowest BCUT2D eigenvalue weighted by Gasteiger charge is -2.26. The van der Waals surface area contributed by atoms with E-state index in [0.717, 1.165) is 52.1 Å². The number of amides is 1. The minimum absolute atomic E-state index is 0.195. The van der Waals surface area contributed by atoms with E-state index < -0.39 is 10.0 Å². The summed E-state index contributed by atoms with van der Waals surface area (Å²) >= 11 is 0. The molecule has 0 radical (unpaired) electrons. The molecule has 0 saturated carbocycles. The summed E-state index contributed by atoms with van der Waals surface area (Å²) in [5, 5.41) is 2.88. The normalized spacial score (nSPS) is 19.5. The van der Waals surface area contributed by atoms with Gasteiger partial charge in [0, 0.05) is 38.3 Å². The molecule has 0 aromatic heterocycles. The van der Waals surface area contributed by atoms with Crippen molar-refractivity contribution < 1.29 is 17.9 Å². The van der Waals surface area contributed by atoms with Crippen molar-refractivity contribution in [3.05, 3.63) is 29.8 Å². The minimum Gasteiger partial charge on any atom is -0.379 e. The number of carbonyl (C=O) groups is 1. The zero-order valence-corrected chi connectivity index (χ0v) is 15.8. The number of hydrogen-bond acceptors (Lipinski definition) is 5. The summed E-state index contributed by atoms with van der Waals surface area (Å²) in [6, 6.07) is 6.32. The molecule has 2 heterocycles. The molecule has 7 nitrogen and oxygen atoms in total. The van der Waals surface area contributed by atoms with Gasteiger partial charge >= 0.3 is 0 Å². The topological polar surface area (TPSA) is 79.0 Å². The van der Waals surface area contributed by atoms with Crippen molar-refractivity contribution in [3.63, 3.8) is 0 Å². The Morgan fingerprint density at radius 3 is 2.58 bits per heavy atom. The highest BCUT2D eigenvalue weighted by Gasteiger charge is 2.27. The fraction of sp³-hybridized carbons (Fsp3) is 0.611. The molecule has 0 spiro atoms. The molecule has 0 atom stereocenters. The Bertz CT molecular complexity index is 711. The standard InChI is InChI=1S/C18H27N3O4S/c22-18(19-7-4-8-20-11-13-25-14-12-20)16-5-3-6-17(15-16)26(23,24)21-9-1-2-10-21/h3,5-6,15H,1-2,4,7-14H2,(H,19,22). The van der Waals surface area contributed by atoms with Gasteiger partial charge < -0.3 is 10.1 Å². The fourth-order valence-electron chi connectivity index (χ4n) is 3.31. The summed E-state index contributed by atoms with van der Waals surface area (Å²) in [6.07, 6.45) is 2.64. The third-order valence-corrected chi connectivity index (χ3v) is 6.73. The second-order valence-corrected chi connectivity index (χ2v) is 8.64. The molecule has 0 bridgehead atoms. The van der Waals surface area contributed by atoms with Gasteiger partial charge in [0.2, 0.25) is 10.0 Å². The Hall–Kier alpha value is -1.48. The number of rotatable bonds is 7. The van der Waals surface area contributed by atoms with Gasteiger partial charge in [0.05, 0.1) is 18.1 Å². The summed E-state index contributed by atoms with van der Waals surface area (Å²) in [6.45, 7) is 6.01. The molecule has 1 aromatic rings. The summed E-state index contributed by atoms with van der Waals surface area (Å²) in [5.41, 5.74) is 0.386. The van der Waals surface area contributed by atoms with E-state index in [9.17, 15) is 13.2 Å². The highest BCUT2D eigenvalue weighted by molar-refractivity contribution is 7.89. The first kappa shape index (κ1) is 19.3. The second kappa shape index (κ2) is 8.94. The smallest absolute Gasteiger partial charge is 0.251 e. The number of nitrogens with one attached hydrogen (secondary N) is 1. The van der Waals surface area contributed by atoms with E-state index in [1.807, 2.05) is 0 Å². The molecule has 2 aliphatic rings. The van der Waals surface area contributed by atoms with E-state index in [-0.39, 0.29) is 10.8 Å². The van der Waals surface area contributed by atoms with Crippen LogP contribution in [0, 0.1) is 0 Å². The van der Waals surface area contributed by atoms with Crippen LogP contribution in [0.2, 0.25) is 0 Å². The maximum absolute atomic E-state index is 12.6. The van der Waals surface area contributed by atoms with E-state index in [4.69, 9.17) is 4.74 Å². The molecule has 2 saturated heterocycles. The molecular formula is C18H27N3O4S. The Labute approximate surface area is 155 Å². The van der Waals surface area contributed by atoms with Crippen LogP contribution in [0.4, 0.5) is 0 Å². The number of ether oxygens (including phenoxy) is 1. The lowest BCUT2D eigenvalue weighted by molar-refractivity contribution is 0.0374. The molecule has 2 fully saturated rings. The Morgan fingerprint density at radius 1 is 1.12 bits per heavy atom. The first-order valence-electron chi connectivity index (χ1n) is 9.26. The molecule has 0 unspecified atom stereocenters. The van der Waals surface area contributed by atoms with Crippen LogP contribution in [-0.2, 0) is 14.8 Å². The van der Waals surface area contributed by atoms with Gasteiger partial charge in [0.1, 0.15) is 0 Å². The van der Waals surface area contributed by atoms with E-state index in [1.54, 1.807) is 18.2 Å². The van der Waals surface area contributed by atoms with Crippen molar-refractivity contribution >= 4 is 15.9 Å². The molecule has 144 valence electrons. The Balaban J connectivity index is 1.53. The number of carbonyl (C=O) groups excluding carboxylic acids is 1. The lowest BCUT2D eigenvalue weighted by atomic mass is 10.2. The highest BCUT2D eigenvalue weighted by atomic mass is 32.2. The van der Waals surface area contributed by atoms with Crippen LogP contribution in [0.5, 0.6) is 0 Å². The quantitative estimate of drug-likeness (QED) is 0.711. The zero-order valence-electron chi connectivity index (χ0n) is 15.0. The van der Waals surface area contributed by atoms with E-state index in [0.29, 0.717) is 25.2 Å². The SMILES string of the molecule is O=C(NCCCN1CCOCC1)c1cccc(S(=O)(=O)N2CCCC2)c1. The molecule has 1 aromatic carbocycles. The maximum Gasteiger partial charge on any atom is 0.251 e. The Morgan fingerprint density at radius 2 is 1.85 bits per heavy atom. The highest BCUT2D eigenvalue weighted by Crippen LogP contribution is 2.21. The van der Waals surface area contributed by atoms with Gasteiger partial charge in [0.15, 0.2) is 0 Å². The van der Waals surface area contributed by atoms with Crippen LogP contribution < -0.4 is 5.32 Å². The second-order valence-electron chi connectivity index (χ2n) is 6.70. The average molecular weight is 381 g/mol. The number of sulfonamides is 1. The predicted molar refractivity (Wildman–Crippen MR) is 98.6 cm³/mol. The van der Waals surface area contributed by atoms with E-state index in [1.165, 1.54) is 10.4 Å². The molecule has 1 amide bonds. The molecular weight excluding hydrogens is 354 g/mol. The van der Waals surface area contributed by atoms with Crippen molar-refractivity contribution in [1.29, 1.82) is 0 Å². The Kier molecular flexibility index (Phi) is 6.63. The minimum atomic E-state index is -3.50.